The molecule has 8 nitrogen and oxygen atoms in total. The summed E-state index contributed by atoms with van der Waals surface area (Å²) in [5, 5.41) is 3.50. The standard InChI is InChI=1S/C24H31Cl2N3O5S/c1-6-22(24(31)27-16(2)3)28(14-19-20(25)11-8-12-21(19)26)23(30)15-29(35(5,32)33)17-9-7-10-18(13-17)34-4/h7-13,16,22H,6,14-15H2,1-5H3,(H,27,31)/t22-/m0/s1. The predicted molar refractivity (Wildman–Crippen MR) is 140 cm³/mol. The number of anilines is 1. The molecular weight excluding hydrogens is 513 g/mol. The van der Waals surface area contributed by atoms with Crippen LogP contribution in [0.2, 0.25) is 10.0 Å². The summed E-state index contributed by atoms with van der Waals surface area (Å²) in [5.74, 6) is -0.502. The second-order valence-corrected chi connectivity index (χ2v) is 11.0. The van der Waals surface area contributed by atoms with E-state index in [1.54, 1.807) is 43.3 Å². The van der Waals surface area contributed by atoms with Gasteiger partial charge in [0.1, 0.15) is 18.3 Å². The average Bonchev–Trinajstić information content (AvgIpc) is 2.77. The van der Waals surface area contributed by atoms with Crippen LogP contribution >= 0.6 is 23.2 Å². The lowest BCUT2D eigenvalue weighted by atomic mass is 10.1. The normalized spacial score (nSPS) is 12.2. The maximum absolute atomic E-state index is 13.7. The minimum atomic E-state index is -3.85. The minimum Gasteiger partial charge on any atom is -0.497 e. The average molecular weight is 545 g/mol. The number of benzene rings is 2. The largest absolute Gasteiger partial charge is 0.497 e. The Morgan fingerprint density at radius 3 is 2.20 bits per heavy atom. The van der Waals surface area contributed by atoms with Gasteiger partial charge in [0.25, 0.3) is 0 Å². The first-order valence-corrected chi connectivity index (χ1v) is 13.6. The van der Waals surface area contributed by atoms with E-state index in [4.69, 9.17) is 27.9 Å². The van der Waals surface area contributed by atoms with Crippen molar-refractivity contribution < 1.29 is 22.7 Å². The maximum atomic E-state index is 13.7. The zero-order valence-electron chi connectivity index (χ0n) is 20.4. The zero-order chi connectivity index (χ0) is 26.3. The molecule has 11 heteroatoms. The molecule has 2 rings (SSSR count). The van der Waals surface area contributed by atoms with Crippen LogP contribution in [0.15, 0.2) is 42.5 Å². The van der Waals surface area contributed by atoms with Gasteiger partial charge in [-0.3, -0.25) is 13.9 Å². The molecule has 0 bridgehead atoms. The second kappa shape index (κ2) is 12.5. The number of methoxy groups -OCH3 is 1. The molecule has 0 aromatic heterocycles. The van der Waals surface area contributed by atoms with E-state index in [1.165, 1.54) is 18.1 Å². The number of sulfonamides is 1. The summed E-state index contributed by atoms with van der Waals surface area (Å²) in [6.07, 6.45) is 1.31. The van der Waals surface area contributed by atoms with Crippen molar-refractivity contribution in [1.82, 2.24) is 10.2 Å². The van der Waals surface area contributed by atoms with E-state index in [0.717, 1.165) is 10.6 Å². The maximum Gasteiger partial charge on any atom is 0.244 e. The fourth-order valence-electron chi connectivity index (χ4n) is 3.53. The molecule has 1 N–H and O–H groups in total. The summed E-state index contributed by atoms with van der Waals surface area (Å²) in [6.45, 7) is 4.80. The Labute approximate surface area is 217 Å². The fourth-order valence-corrected chi connectivity index (χ4v) is 4.89. The SMILES string of the molecule is CC[C@@H](C(=O)NC(C)C)N(Cc1c(Cl)cccc1Cl)C(=O)CN(c1cccc(OC)c1)S(C)(=O)=O. The topological polar surface area (TPSA) is 96.0 Å². The van der Waals surface area contributed by atoms with Crippen molar-refractivity contribution in [3.8, 4) is 5.75 Å². The van der Waals surface area contributed by atoms with Gasteiger partial charge in [-0.15, -0.1) is 0 Å². The summed E-state index contributed by atoms with van der Waals surface area (Å²) in [6, 6.07) is 10.3. The van der Waals surface area contributed by atoms with Crippen LogP contribution in [0.1, 0.15) is 32.8 Å². The van der Waals surface area contributed by atoms with Gasteiger partial charge in [-0.2, -0.15) is 0 Å². The van der Waals surface area contributed by atoms with Crippen LogP contribution in [0.3, 0.4) is 0 Å². The van der Waals surface area contributed by atoms with Gasteiger partial charge in [-0.1, -0.05) is 42.3 Å². The molecule has 0 aliphatic rings. The van der Waals surface area contributed by atoms with Gasteiger partial charge < -0.3 is 15.0 Å². The van der Waals surface area contributed by atoms with E-state index in [0.29, 0.717) is 27.8 Å². The van der Waals surface area contributed by atoms with Gasteiger partial charge in [-0.05, 0) is 44.5 Å². The lowest BCUT2D eigenvalue weighted by Crippen LogP contribution is -2.53. The summed E-state index contributed by atoms with van der Waals surface area (Å²) in [7, 11) is -2.39. The number of halogens is 2. The molecule has 35 heavy (non-hydrogen) atoms. The molecule has 1 atom stereocenters. The van der Waals surface area contributed by atoms with Crippen molar-refractivity contribution in [3.05, 3.63) is 58.1 Å². The van der Waals surface area contributed by atoms with Crippen LogP contribution in [0.5, 0.6) is 5.75 Å². The van der Waals surface area contributed by atoms with E-state index in [1.807, 2.05) is 13.8 Å². The monoisotopic (exact) mass is 543 g/mol. The van der Waals surface area contributed by atoms with E-state index < -0.39 is 28.5 Å². The van der Waals surface area contributed by atoms with Crippen LogP contribution in [-0.4, -0.2) is 57.1 Å². The quantitative estimate of drug-likeness (QED) is 0.460. The Bertz CT molecular complexity index is 1140. The summed E-state index contributed by atoms with van der Waals surface area (Å²) in [4.78, 5) is 28.0. The highest BCUT2D eigenvalue weighted by Crippen LogP contribution is 2.28. The molecular formula is C24H31Cl2N3O5S. The number of hydrogen-bond acceptors (Lipinski definition) is 5. The van der Waals surface area contributed by atoms with E-state index in [2.05, 4.69) is 5.32 Å². The van der Waals surface area contributed by atoms with Gasteiger partial charge >= 0.3 is 0 Å². The highest BCUT2D eigenvalue weighted by Gasteiger charge is 2.32. The first kappa shape index (κ1) is 28.7. The molecule has 2 aromatic carbocycles. The molecule has 0 aliphatic heterocycles. The molecule has 0 spiro atoms. The molecule has 0 fully saturated rings. The second-order valence-electron chi connectivity index (χ2n) is 8.28. The van der Waals surface area contributed by atoms with Crippen LogP contribution in [0, 0.1) is 0 Å². The zero-order valence-corrected chi connectivity index (χ0v) is 22.7. The third-order valence-corrected chi connectivity index (χ3v) is 7.08. The predicted octanol–water partition coefficient (Wildman–Crippen LogP) is 4.10. The number of rotatable bonds is 11. The molecule has 0 radical (unpaired) electrons. The van der Waals surface area contributed by atoms with E-state index in [9.17, 15) is 18.0 Å². The van der Waals surface area contributed by atoms with Gasteiger partial charge in [0.2, 0.25) is 21.8 Å². The summed E-state index contributed by atoms with van der Waals surface area (Å²) >= 11 is 12.7. The smallest absolute Gasteiger partial charge is 0.244 e. The number of carbonyl (C=O) groups is 2. The van der Waals surface area contributed by atoms with Gasteiger partial charge in [-0.25, -0.2) is 8.42 Å². The fraction of sp³-hybridized carbons (Fsp3) is 0.417. The molecule has 0 unspecified atom stereocenters. The molecule has 0 saturated carbocycles. The number of nitrogens with zero attached hydrogens (tertiary/aromatic N) is 2. The number of nitrogens with one attached hydrogen (secondary N) is 1. The molecule has 0 aliphatic carbocycles. The summed E-state index contributed by atoms with van der Waals surface area (Å²) in [5.41, 5.74) is 0.725. The first-order chi connectivity index (χ1) is 16.4. The van der Waals surface area contributed by atoms with Crippen molar-refractivity contribution >= 4 is 50.7 Å². The van der Waals surface area contributed by atoms with Gasteiger partial charge in [0.15, 0.2) is 0 Å². The van der Waals surface area contributed by atoms with Gasteiger partial charge in [0.05, 0.1) is 19.1 Å². The minimum absolute atomic E-state index is 0.0723. The molecule has 0 saturated heterocycles. The van der Waals surface area contributed by atoms with Crippen molar-refractivity contribution in [2.75, 3.05) is 24.2 Å². The Hall–Kier alpha value is -2.49. The van der Waals surface area contributed by atoms with Crippen molar-refractivity contribution in [3.63, 3.8) is 0 Å². The van der Waals surface area contributed by atoms with Crippen LogP contribution < -0.4 is 14.4 Å². The first-order valence-electron chi connectivity index (χ1n) is 11.0. The van der Waals surface area contributed by atoms with Crippen molar-refractivity contribution in [2.24, 2.45) is 0 Å². The van der Waals surface area contributed by atoms with Crippen LogP contribution in [0.25, 0.3) is 0 Å². The Morgan fingerprint density at radius 2 is 1.69 bits per heavy atom. The van der Waals surface area contributed by atoms with Crippen LogP contribution in [0.4, 0.5) is 5.69 Å². The number of carbonyl (C=O) groups excluding carboxylic acids is 2. The van der Waals surface area contributed by atoms with E-state index >= 15 is 0 Å². The third kappa shape index (κ3) is 7.75. The highest BCUT2D eigenvalue weighted by molar-refractivity contribution is 7.92. The Morgan fingerprint density at radius 1 is 1.09 bits per heavy atom. The lowest BCUT2D eigenvalue weighted by Gasteiger charge is -2.33. The van der Waals surface area contributed by atoms with Crippen molar-refractivity contribution in [2.45, 2.75) is 45.8 Å². The molecule has 0 heterocycles. The molecule has 2 amide bonds. The number of amides is 2. The molecule has 192 valence electrons. The Balaban J connectivity index is 2.51. The van der Waals surface area contributed by atoms with E-state index in [-0.39, 0.29) is 24.2 Å². The van der Waals surface area contributed by atoms with Crippen molar-refractivity contribution in [1.29, 1.82) is 0 Å². The number of ether oxygens (including phenoxy) is 1. The summed E-state index contributed by atoms with van der Waals surface area (Å²) < 4.78 is 31.5. The number of hydrogen-bond donors (Lipinski definition) is 1. The Kier molecular flexibility index (Phi) is 10.2. The third-order valence-electron chi connectivity index (χ3n) is 5.23. The van der Waals surface area contributed by atoms with Gasteiger partial charge in [0, 0.05) is 34.3 Å². The highest BCUT2D eigenvalue weighted by atomic mass is 35.5. The lowest BCUT2D eigenvalue weighted by molar-refractivity contribution is -0.140. The van der Waals surface area contributed by atoms with Crippen LogP contribution in [-0.2, 0) is 26.2 Å². The molecule has 2 aromatic rings.